The van der Waals surface area contributed by atoms with E-state index in [1.807, 2.05) is 6.92 Å². The zero-order valence-corrected chi connectivity index (χ0v) is 12.6. The second-order valence-electron chi connectivity index (χ2n) is 5.33. The van der Waals surface area contributed by atoms with Crippen LogP contribution in [-0.4, -0.2) is 40.6 Å². The number of ether oxygens (including phenoxy) is 1. The Morgan fingerprint density at radius 3 is 2.29 bits per heavy atom. The van der Waals surface area contributed by atoms with Crippen LogP contribution < -0.4 is 5.32 Å². The summed E-state index contributed by atoms with van der Waals surface area (Å²) in [7, 11) is 0. The SMILES string of the molecule is CCC(C)OC(=O)NC(C)(C)C(=O)ON1C(=O)CCC1=O. The number of hydroxylamine groups is 2. The lowest BCUT2D eigenvalue weighted by Crippen LogP contribution is -2.53. The van der Waals surface area contributed by atoms with Crippen molar-refractivity contribution in [3.05, 3.63) is 0 Å². The van der Waals surface area contributed by atoms with Crippen molar-refractivity contribution in [2.24, 2.45) is 0 Å². The van der Waals surface area contributed by atoms with Gasteiger partial charge >= 0.3 is 12.1 Å². The van der Waals surface area contributed by atoms with E-state index < -0.39 is 29.4 Å². The van der Waals surface area contributed by atoms with Gasteiger partial charge in [-0.2, -0.15) is 0 Å². The van der Waals surface area contributed by atoms with Gasteiger partial charge in [-0.1, -0.05) is 6.92 Å². The van der Waals surface area contributed by atoms with Gasteiger partial charge in [-0.15, -0.1) is 5.06 Å². The third kappa shape index (κ3) is 4.44. The lowest BCUT2D eigenvalue weighted by atomic mass is 10.1. The Hall–Kier alpha value is -2.12. The van der Waals surface area contributed by atoms with Crippen LogP contribution in [0.3, 0.4) is 0 Å². The fourth-order valence-corrected chi connectivity index (χ4v) is 1.46. The molecular formula is C13H20N2O6. The normalized spacial score (nSPS) is 16.7. The molecule has 1 atom stereocenters. The molecule has 21 heavy (non-hydrogen) atoms. The molecule has 0 spiro atoms. The van der Waals surface area contributed by atoms with Crippen LogP contribution in [0.5, 0.6) is 0 Å². The number of imide groups is 1. The summed E-state index contributed by atoms with van der Waals surface area (Å²) in [4.78, 5) is 51.1. The van der Waals surface area contributed by atoms with Gasteiger partial charge in [0.25, 0.3) is 11.8 Å². The van der Waals surface area contributed by atoms with E-state index >= 15 is 0 Å². The van der Waals surface area contributed by atoms with Crippen molar-refractivity contribution in [1.82, 2.24) is 10.4 Å². The van der Waals surface area contributed by atoms with Gasteiger partial charge in [0, 0.05) is 12.8 Å². The van der Waals surface area contributed by atoms with E-state index in [-0.39, 0.29) is 18.9 Å². The van der Waals surface area contributed by atoms with Gasteiger partial charge in [0.05, 0.1) is 0 Å². The van der Waals surface area contributed by atoms with Crippen molar-refractivity contribution in [3.63, 3.8) is 0 Å². The van der Waals surface area contributed by atoms with Crippen LogP contribution in [0, 0.1) is 0 Å². The number of alkyl carbamates (subject to hydrolysis) is 1. The van der Waals surface area contributed by atoms with E-state index in [1.165, 1.54) is 13.8 Å². The number of hydrogen-bond acceptors (Lipinski definition) is 6. The summed E-state index contributed by atoms with van der Waals surface area (Å²) in [5, 5.41) is 2.78. The highest BCUT2D eigenvalue weighted by atomic mass is 16.7. The van der Waals surface area contributed by atoms with E-state index in [1.54, 1.807) is 6.92 Å². The molecule has 8 heteroatoms. The predicted octanol–water partition coefficient (Wildman–Crippen LogP) is 0.897. The largest absolute Gasteiger partial charge is 0.447 e. The molecule has 1 aliphatic rings. The summed E-state index contributed by atoms with van der Waals surface area (Å²) in [6.07, 6.45) is -0.412. The highest BCUT2D eigenvalue weighted by Crippen LogP contribution is 2.15. The third-order valence-corrected chi connectivity index (χ3v) is 2.99. The van der Waals surface area contributed by atoms with E-state index in [4.69, 9.17) is 9.57 Å². The molecule has 3 amide bonds. The molecule has 1 unspecified atom stereocenters. The number of carbonyl (C=O) groups excluding carboxylic acids is 4. The van der Waals surface area contributed by atoms with E-state index in [0.29, 0.717) is 11.5 Å². The molecule has 1 heterocycles. The molecule has 1 fully saturated rings. The van der Waals surface area contributed by atoms with E-state index in [9.17, 15) is 19.2 Å². The first-order valence-electron chi connectivity index (χ1n) is 6.74. The first kappa shape index (κ1) is 16.9. The van der Waals surface area contributed by atoms with Crippen LogP contribution in [0.1, 0.15) is 47.0 Å². The summed E-state index contributed by atoms with van der Waals surface area (Å²) in [5.74, 6) is -2.08. The lowest BCUT2D eigenvalue weighted by Gasteiger charge is -2.25. The standard InChI is InChI=1S/C13H20N2O6/c1-5-8(2)20-12(19)14-13(3,4)11(18)21-15-9(16)6-7-10(15)17/h8H,5-7H2,1-4H3,(H,14,19). The van der Waals surface area contributed by atoms with Gasteiger partial charge in [-0.05, 0) is 27.2 Å². The topological polar surface area (TPSA) is 102 Å². The fraction of sp³-hybridized carbons (Fsp3) is 0.692. The molecule has 1 N–H and O–H groups in total. The average Bonchev–Trinajstić information content (AvgIpc) is 2.69. The van der Waals surface area contributed by atoms with Crippen LogP contribution in [0.15, 0.2) is 0 Å². The van der Waals surface area contributed by atoms with Crippen molar-refractivity contribution >= 4 is 23.9 Å². The molecule has 8 nitrogen and oxygen atoms in total. The molecule has 1 rings (SSSR count). The molecule has 0 bridgehead atoms. The predicted molar refractivity (Wildman–Crippen MR) is 70.6 cm³/mol. The van der Waals surface area contributed by atoms with Crippen molar-refractivity contribution < 1.29 is 28.8 Å². The Morgan fingerprint density at radius 2 is 1.81 bits per heavy atom. The number of nitrogens with one attached hydrogen (secondary N) is 1. The van der Waals surface area contributed by atoms with Gasteiger partial charge in [-0.3, -0.25) is 9.59 Å². The maximum atomic E-state index is 12.0. The molecule has 1 saturated heterocycles. The first-order valence-corrected chi connectivity index (χ1v) is 6.74. The van der Waals surface area contributed by atoms with Gasteiger partial charge < -0.3 is 14.9 Å². The summed E-state index contributed by atoms with van der Waals surface area (Å²) >= 11 is 0. The second-order valence-corrected chi connectivity index (χ2v) is 5.33. The Bertz CT molecular complexity index is 444. The van der Waals surface area contributed by atoms with Crippen molar-refractivity contribution in [2.45, 2.75) is 58.6 Å². The number of nitrogens with zero attached hydrogens (tertiary/aromatic N) is 1. The van der Waals surface area contributed by atoms with Crippen LogP contribution in [-0.2, 0) is 24.0 Å². The molecule has 118 valence electrons. The minimum absolute atomic E-state index is 0.00995. The highest BCUT2D eigenvalue weighted by molar-refractivity contribution is 6.02. The maximum absolute atomic E-state index is 12.0. The van der Waals surface area contributed by atoms with Crippen LogP contribution in [0.2, 0.25) is 0 Å². The summed E-state index contributed by atoms with van der Waals surface area (Å²) < 4.78 is 4.99. The lowest BCUT2D eigenvalue weighted by molar-refractivity contribution is -0.201. The van der Waals surface area contributed by atoms with Gasteiger partial charge in [0.1, 0.15) is 11.6 Å². The molecule has 0 aliphatic carbocycles. The van der Waals surface area contributed by atoms with Gasteiger partial charge in [-0.25, -0.2) is 9.59 Å². The zero-order chi connectivity index (χ0) is 16.2. The molecule has 0 aromatic carbocycles. The van der Waals surface area contributed by atoms with Gasteiger partial charge in [0.15, 0.2) is 0 Å². The first-order chi connectivity index (χ1) is 9.67. The molecule has 0 aromatic rings. The molecular weight excluding hydrogens is 280 g/mol. The Labute approximate surface area is 122 Å². The van der Waals surface area contributed by atoms with Crippen LogP contribution in [0.25, 0.3) is 0 Å². The fourth-order valence-electron chi connectivity index (χ4n) is 1.46. The number of amides is 3. The highest BCUT2D eigenvalue weighted by Gasteiger charge is 2.39. The van der Waals surface area contributed by atoms with E-state index in [0.717, 1.165) is 0 Å². The Balaban J connectivity index is 2.60. The van der Waals surface area contributed by atoms with Gasteiger partial charge in [0.2, 0.25) is 0 Å². The smallest absolute Gasteiger partial charge is 0.408 e. The maximum Gasteiger partial charge on any atom is 0.408 e. The molecule has 0 radical (unpaired) electrons. The third-order valence-electron chi connectivity index (χ3n) is 2.99. The monoisotopic (exact) mass is 300 g/mol. The zero-order valence-electron chi connectivity index (χ0n) is 12.6. The van der Waals surface area contributed by atoms with Crippen LogP contribution in [0.4, 0.5) is 4.79 Å². The molecule has 0 aromatic heterocycles. The van der Waals surface area contributed by atoms with Crippen molar-refractivity contribution in [1.29, 1.82) is 0 Å². The minimum Gasteiger partial charge on any atom is -0.447 e. The summed E-state index contributed by atoms with van der Waals surface area (Å²) in [6.45, 7) is 6.34. The average molecular weight is 300 g/mol. The van der Waals surface area contributed by atoms with Crippen molar-refractivity contribution in [2.75, 3.05) is 0 Å². The minimum atomic E-state index is -1.44. The van der Waals surface area contributed by atoms with Crippen molar-refractivity contribution in [3.8, 4) is 0 Å². The Morgan fingerprint density at radius 1 is 1.29 bits per heavy atom. The molecule has 0 saturated carbocycles. The number of rotatable bonds is 5. The van der Waals surface area contributed by atoms with E-state index in [2.05, 4.69) is 5.32 Å². The summed E-state index contributed by atoms with van der Waals surface area (Å²) in [6, 6.07) is 0. The number of hydrogen-bond donors (Lipinski definition) is 1. The second kappa shape index (κ2) is 6.55. The summed E-state index contributed by atoms with van der Waals surface area (Å²) in [5.41, 5.74) is -1.44. The van der Waals surface area contributed by atoms with Crippen LogP contribution >= 0.6 is 0 Å². The molecule has 1 aliphatic heterocycles. The Kier molecular flexibility index (Phi) is 5.28. The number of carbonyl (C=O) groups is 4. The quantitative estimate of drug-likeness (QED) is 0.757.